The minimum atomic E-state index is -0.490. The summed E-state index contributed by atoms with van der Waals surface area (Å²) in [6.07, 6.45) is 0.925. The maximum atomic E-state index is 11.0. The molecule has 68 valence electrons. The molecule has 5 nitrogen and oxygen atoms in total. The zero-order chi connectivity index (χ0) is 9.14. The van der Waals surface area contributed by atoms with E-state index in [1.54, 1.807) is 0 Å². The normalized spacial score (nSPS) is 29.2. The minimum Gasteiger partial charge on any atom is -0.396 e. The molecule has 0 aromatic rings. The maximum absolute atomic E-state index is 11.0. The molecule has 1 saturated carbocycles. The van der Waals surface area contributed by atoms with Crippen LogP contribution in [0.2, 0.25) is 0 Å². The first-order chi connectivity index (χ1) is 5.65. The zero-order valence-electron chi connectivity index (χ0n) is 6.60. The Morgan fingerprint density at radius 1 is 1.67 bits per heavy atom. The van der Waals surface area contributed by atoms with Crippen molar-refractivity contribution >= 4 is 5.78 Å². The van der Waals surface area contributed by atoms with E-state index in [9.17, 15) is 14.9 Å². The third-order valence-electron chi connectivity index (χ3n) is 2.32. The van der Waals surface area contributed by atoms with Gasteiger partial charge in [0.25, 0.3) is 0 Å². The van der Waals surface area contributed by atoms with Crippen LogP contribution in [0, 0.1) is 22.0 Å². The van der Waals surface area contributed by atoms with E-state index in [2.05, 4.69) is 0 Å². The Hall–Kier alpha value is -0.970. The standard InChI is InChI=1S/C7H11NO4/c9-4-6-5(3-8(11)12)1-2-7(6)10/h5-6,9H,1-4H2/t5-,6-/m1/s1. The second kappa shape index (κ2) is 3.62. The third-order valence-corrected chi connectivity index (χ3v) is 2.32. The monoisotopic (exact) mass is 173 g/mol. The molecule has 0 bridgehead atoms. The second-order valence-corrected chi connectivity index (χ2v) is 3.07. The van der Waals surface area contributed by atoms with Gasteiger partial charge in [-0.25, -0.2) is 0 Å². The lowest BCUT2D eigenvalue weighted by Crippen LogP contribution is -2.24. The lowest BCUT2D eigenvalue weighted by Gasteiger charge is -2.10. The summed E-state index contributed by atoms with van der Waals surface area (Å²) in [5.41, 5.74) is 0. The van der Waals surface area contributed by atoms with Crippen molar-refractivity contribution in [3.63, 3.8) is 0 Å². The summed E-state index contributed by atoms with van der Waals surface area (Å²) in [7, 11) is 0. The molecule has 0 aromatic heterocycles. The van der Waals surface area contributed by atoms with Crippen LogP contribution in [-0.4, -0.2) is 29.0 Å². The Labute approximate surface area is 69.5 Å². The van der Waals surface area contributed by atoms with Crippen LogP contribution in [0.25, 0.3) is 0 Å². The third kappa shape index (κ3) is 1.79. The Bertz CT molecular complexity index is 204. The average Bonchev–Trinajstić information content (AvgIpc) is 2.30. The first kappa shape index (κ1) is 9.12. The SMILES string of the molecule is O=C1CC[C@H](C[N+](=O)[O-])[C@H]1CO. The summed E-state index contributed by atoms with van der Waals surface area (Å²) >= 11 is 0. The van der Waals surface area contributed by atoms with Crippen molar-refractivity contribution in [3.8, 4) is 0 Å². The highest BCUT2D eigenvalue weighted by Crippen LogP contribution is 2.28. The molecule has 1 fully saturated rings. The van der Waals surface area contributed by atoms with Crippen LogP contribution in [0.4, 0.5) is 0 Å². The lowest BCUT2D eigenvalue weighted by molar-refractivity contribution is -0.489. The van der Waals surface area contributed by atoms with E-state index in [0.717, 1.165) is 0 Å². The van der Waals surface area contributed by atoms with E-state index in [1.807, 2.05) is 0 Å². The van der Waals surface area contributed by atoms with Crippen LogP contribution in [-0.2, 0) is 4.79 Å². The molecular formula is C7H11NO4. The number of hydrogen-bond acceptors (Lipinski definition) is 4. The van der Waals surface area contributed by atoms with Gasteiger partial charge in [0.2, 0.25) is 6.54 Å². The van der Waals surface area contributed by atoms with Gasteiger partial charge in [0.05, 0.1) is 6.61 Å². The van der Waals surface area contributed by atoms with E-state index < -0.39 is 10.8 Å². The topological polar surface area (TPSA) is 80.4 Å². The summed E-state index contributed by atoms with van der Waals surface area (Å²) in [5.74, 6) is -0.780. The van der Waals surface area contributed by atoms with Crippen molar-refractivity contribution in [2.45, 2.75) is 12.8 Å². The Balaban J connectivity index is 2.54. The molecule has 5 heteroatoms. The Morgan fingerprint density at radius 2 is 2.33 bits per heavy atom. The van der Waals surface area contributed by atoms with Gasteiger partial charge in [-0.05, 0) is 6.42 Å². The van der Waals surface area contributed by atoms with Crippen LogP contribution >= 0.6 is 0 Å². The molecule has 0 radical (unpaired) electrons. The van der Waals surface area contributed by atoms with Crippen molar-refractivity contribution in [1.29, 1.82) is 0 Å². The van der Waals surface area contributed by atoms with Gasteiger partial charge in [-0.3, -0.25) is 14.9 Å². The number of carbonyl (C=O) groups excluding carboxylic acids is 1. The summed E-state index contributed by atoms with van der Waals surface area (Å²) in [6.45, 7) is -0.450. The molecule has 2 atom stereocenters. The molecule has 0 saturated heterocycles. The average molecular weight is 173 g/mol. The number of rotatable bonds is 3. The fraction of sp³-hybridized carbons (Fsp3) is 0.857. The number of carbonyl (C=O) groups is 1. The first-order valence-electron chi connectivity index (χ1n) is 3.90. The molecule has 0 heterocycles. The van der Waals surface area contributed by atoms with Crippen LogP contribution in [0.5, 0.6) is 0 Å². The van der Waals surface area contributed by atoms with Gasteiger partial charge < -0.3 is 5.11 Å². The number of aliphatic hydroxyl groups is 1. The molecule has 0 aliphatic heterocycles. The molecule has 0 unspecified atom stereocenters. The van der Waals surface area contributed by atoms with Gasteiger partial charge in [-0.2, -0.15) is 0 Å². The molecule has 1 aliphatic carbocycles. The smallest absolute Gasteiger partial charge is 0.207 e. The van der Waals surface area contributed by atoms with Crippen LogP contribution < -0.4 is 0 Å². The second-order valence-electron chi connectivity index (χ2n) is 3.07. The molecule has 0 amide bonds. The number of ketones is 1. The summed E-state index contributed by atoms with van der Waals surface area (Å²) in [4.78, 5) is 20.7. The van der Waals surface area contributed by atoms with Crippen molar-refractivity contribution in [2.75, 3.05) is 13.2 Å². The van der Waals surface area contributed by atoms with Gasteiger partial charge in [0.1, 0.15) is 5.78 Å². The maximum Gasteiger partial charge on any atom is 0.207 e. The number of hydrogen-bond donors (Lipinski definition) is 1. The molecule has 0 aromatic carbocycles. The van der Waals surface area contributed by atoms with Crippen LogP contribution in [0.1, 0.15) is 12.8 Å². The van der Waals surface area contributed by atoms with E-state index in [1.165, 1.54) is 0 Å². The summed E-state index contributed by atoms with van der Waals surface area (Å²) in [6, 6.07) is 0. The highest BCUT2D eigenvalue weighted by Gasteiger charge is 2.36. The van der Waals surface area contributed by atoms with Gasteiger partial charge in [0, 0.05) is 23.2 Å². The summed E-state index contributed by atoms with van der Waals surface area (Å²) < 4.78 is 0. The highest BCUT2D eigenvalue weighted by atomic mass is 16.6. The van der Waals surface area contributed by atoms with E-state index in [-0.39, 0.29) is 24.9 Å². The van der Waals surface area contributed by atoms with Crippen LogP contribution in [0.15, 0.2) is 0 Å². The fourth-order valence-corrected chi connectivity index (χ4v) is 1.64. The lowest BCUT2D eigenvalue weighted by atomic mass is 9.97. The predicted molar refractivity (Wildman–Crippen MR) is 40.2 cm³/mol. The van der Waals surface area contributed by atoms with Crippen molar-refractivity contribution in [1.82, 2.24) is 0 Å². The largest absolute Gasteiger partial charge is 0.396 e. The molecular weight excluding hydrogens is 162 g/mol. The van der Waals surface area contributed by atoms with E-state index in [4.69, 9.17) is 5.11 Å². The van der Waals surface area contributed by atoms with Gasteiger partial charge in [-0.15, -0.1) is 0 Å². The predicted octanol–water partition coefficient (Wildman–Crippen LogP) is -0.149. The van der Waals surface area contributed by atoms with E-state index >= 15 is 0 Å². The minimum absolute atomic E-state index is 0.0376. The molecule has 1 aliphatic rings. The molecule has 1 rings (SSSR count). The van der Waals surface area contributed by atoms with Crippen molar-refractivity contribution < 1.29 is 14.8 Å². The molecule has 0 spiro atoms. The van der Waals surface area contributed by atoms with Gasteiger partial charge >= 0.3 is 0 Å². The number of Topliss-reactive ketones (excluding diaryl/α,β-unsaturated/α-hetero) is 1. The Morgan fingerprint density at radius 3 is 2.83 bits per heavy atom. The highest BCUT2D eigenvalue weighted by molar-refractivity contribution is 5.83. The molecule has 12 heavy (non-hydrogen) atoms. The van der Waals surface area contributed by atoms with Gasteiger partial charge in [-0.1, -0.05) is 0 Å². The quantitative estimate of drug-likeness (QED) is 0.475. The molecule has 1 N–H and O–H groups in total. The Kier molecular flexibility index (Phi) is 2.75. The van der Waals surface area contributed by atoms with Crippen molar-refractivity contribution in [2.24, 2.45) is 11.8 Å². The number of aliphatic hydroxyl groups excluding tert-OH is 1. The first-order valence-corrected chi connectivity index (χ1v) is 3.90. The number of nitrogens with zero attached hydrogens (tertiary/aromatic N) is 1. The van der Waals surface area contributed by atoms with Crippen molar-refractivity contribution in [3.05, 3.63) is 10.1 Å². The summed E-state index contributed by atoms with van der Waals surface area (Å²) in [5, 5.41) is 18.9. The van der Waals surface area contributed by atoms with Gasteiger partial charge in [0.15, 0.2) is 0 Å². The zero-order valence-corrected chi connectivity index (χ0v) is 6.60. The van der Waals surface area contributed by atoms with E-state index in [0.29, 0.717) is 12.8 Å². The number of nitro groups is 1. The van der Waals surface area contributed by atoms with Crippen LogP contribution in [0.3, 0.4) is 0 Å². The fourth-order valence-electron chi connectivity index (χ4n) is 1.64.